The van der Waals surface area contributed by atoms with Gasteiger partial charge in [-0.15, -0.1) is 11.3 Å². The van der Waals surface area contributed by atoms with Crippen LogP contribution in [-0.4, -0.2) is 56.1 Å². The quantitative estimate of drug-likeness (QED) is 0.302. The molecule has 1 aliphatic rings. The van der Waals surface area contributed by atoms with Crippen LogP contribution in [0.2, 0.25) is 0 Å². The van der Waals surface area contributed by atoms with E-state index in [9.17, 15) is 9.18 Å². The van der Waals surface area contributed by atoms with Gasteiger partial charge in [0.25, 0.3) is 0 Å². The Morgan fingerprint density at radius 2 is 2.08 bits per heavy atom. The van der Waals surface area contributed by atoms with E-state index < -0.39 is 0 Å². The van der Waals surface area contributed by atoms with E-state index in [1.807, 2.05) is 65.1 Å². The number of fused-ring (bicyclic) bond motifs is 4. The topological polar surface area (TPSA) is 79.2 Å². The van der Waals surface area contributed by atoms with Crippen LogP contribution >= 0.6 is 11.3 Å². The number of hydrogen-bond acceptors (Lipinski definition) is 7. The van der Waals surface area contributed by atoms with E-state index in [0.717, 1.165) is 55.2 Å². The van der Waals surface area contributed by atoms with Gasteiger partial charge in [-0.2, -0.15) is 5.10 Å². The Labute approximate surface area is 223 Å². The van der Waals surface area contributed by atoms with Gasteiger partial charge < -0.3 is 15.1 Å². The number of carbonyl (C=O) groups is 1. The lowest BCUT2D eigenvalue weighted by molar-refractivity contribution is -0.126. The lowest BCUT2D eigenvalue weighted by Crippen LogP contribution is -2.23. The molecular weight excluding hydrogens is 501 g/mol. The molecule has 3 aromatic heterocycles. The minimum absolute atomic E-state index is 0.00969. The van der Waals surface area contributed by atoms with Gasteiger partial charge in [-0.1, -0.05) is 18.2 Å². The number of carbonyl (C=O) groups excluding carboxylic acids is 1. The first-order valence-electron chi connectivity index (χ1n) is 12.3. The van der Waals surface area contributed by atoms with E-state index in [1.165, 1.54) is 12.1 Å². The van der Waals surface area contributed by atoms with Gasteiger partial charge in [-0.25, -0.2) is 14.4 Å². The van der Waals surface area contributed by atoms with Gasteiger partial charge in [0.2, 0.25) is 5.91 Å². The summed E-state index contributed by atoms with van der Waals surface area (Å²) in [4.78, 5) is 27.7. The summed E-state index contributed by atoms with van der Waals surface area (Å²) in [7, 11) is 3.94. The normalized spacial score (nSPS) is 13.3. The van der Waals surface area contributed by atoms with E-state index in [4.69, 9.17) is 0 Å². The third-order valence-corrected chi connectivity index (χ3v) is 7.65. The molecule has 1 aliphatic heterocycles. The first kappa shape index (κ1) is 24.2. The molecule has 1 amide bonds. The van der Waals surface area contributed by atoms with Crippen LogP contribution in [0.1, 0.15) is 16.0 Å². The molecule has 6 rings (SSSR count). The molecule has 5 aromatic rings. The highest BCUT2D eigenvalue weighted by molar-refractivity contribution is 7.19. The highest BCUT2D eigenvalue weighted by Gasteiger charge is 2.28. The van der Waals surface area contributed by atoms with E-state index >= 15 is 0 Å². The fourth-order valence-electron chi connectivity index (χ4n) is 4.71. The van der Waals surface area contributed by atoms with Crippen molar-refractivity contribution in [3.05, 3.63) is 89.0 Å². The second-order valence-electron chi connectivity index (χ2n) is 9.60. The van der Waals surface area contributed by atoms with Crippen molar-refractivity contribution in [3.8, 4) is 0 Å². The zero-order valence-corrected chi connectivity index (χ0v) is 21.9. The molecular formula is C28H26FN7OS. The first-order chi connectivity index (χ1) is 18.4. The summed E-state index contributed by atoms with van der Waals surface area (Å²) in [5.74, 6) is 0.474. The SMILES string of the molecule is CN(C)C/C=C/C(=O)N1Cc2sc3ncnc(Nc4ccc5c(cnn5Cc5cccc(F)c5)c4)c3c2C1. The number of benzene rings is 2. The summed E-state index contributed by atoms with van der Waals surface area (Å²) in [6.07, 6.45) is 6.92. The van der Waals surface area contributed by atoms with Crippen LogP contribution in [0.15, 0.2) is 67.1 Å². The van der Waals surface area contributed by atoms with E-state index in [0.29, 0.717) is 19.6 Å². The van der Waals surface area contributed by atoms with E-state index in [2.05, 4.69) is 20.4 Å². The largest absolute Gasteiger partial charge is 0.340 e. The Bertz CT molecular complexity index is 1690. The number of rotatable bonds is 7. The Morgan fingerprint density at radius 3 is 2.92 bits per heavy atom. The molecule has 0 atom stereocenters. The minimum atomic E-state index is -0.255. The lowest BCUT2D eigenvalue weighted by atomic mass is 10.2. The molecule has 0 aliphatic carbocycles. The average Bonchev–Trinajstić information content (AvgIpc) is 3.57. The third kappa shape index (κ3) is 4.75. The summed E-state index contributed by atoms with van der Waals surface area (Å²) in [5.41, 5.74) is 3.79. The molecule has 0 saturated carbocycles. The lowest BCUT2D eigenvalue weighted by Gasteiger charge is -2.14. The molecule has 1 N–H and O–H groups in total. The van der Waals surface area contributed by atoms with Crippen molar-refractivity contribution in [2.45, 2.75) is 19.6 Å². The average molecular weight is 528 g/mol. The van der Waals surface area contributed by atoms with Gasteiger partial charge in [0.1, 0.15) is 22.8 Å². The van der Waals surface area contributed by atoms with Crippen LogP contribution in [0, 0.1) is 5.82 Å². The Kier molecular flexibility index (Phi) is 6.34. The molecule has 0 fully saturated rings. The van der Waals surface area contributed by atoms with Crippen LogP contribution in [0.25, 0.3) is 21.1 Å². The molecule has 0 saturated heterocycles. The number of aromatic nitrogens is 4. The smallest absolute Gasteiger partial charge is 0.246 e. The maximum atomic E-state index is 13.6. The van der Waals surface area contributed by atoms with Crippen LogP contribution in [0.3, 0.4) is 0 Å². The van der Waals surface area contributed by atoms with E-state index in [-0.39, 0.29) is 11.7 Å². The summed E-state index contributed by atoms with van der Waals surface area (Å²) in [6.45, 7) is 2.33. The summed E-state index contributed by atoms with van der Waals surface area (Å²) >= 11 is 1.61. The number of hydrogen-bond donors (Lipinski definition) is 1. The van der Waals surface area contributed by atoms with Gasteiger partial charge in [0.05, 0.1) is 30.2 Å². The van der Waals surface area contributed by atoms with Crippen LogP contribution < -0.4 is 5.32 Å². The number of amides is 1. The molecule has 192 valence electrons. The van der Waals surface area contributed by atoms with Crippen molar-refractivity contribution in [2.24, 2.45) is 0 Å². The fourth-order valence-corrected chi connectivity index (χ4v) is 5.87. The monoisotopic (exact) mass is 527 g/mol. The van der Waals surface area contributed by atoms with Crippen LogP contribution in [-0.2, 0) is 24.4 Å². The predicted molar refractivity (Wildman–Crippen MR) is 148 cm³/mol. The van der Waals surface area contributed by atoms with Gasteiger partial charge in [-0.05, 0) is 50.0 Å². The first-order valence-corrected chi connectivity index (χ1v) is 13.1. The van der Waals surface area contributed by atoms with Gasteiger partial charge in [0, 0.05) is 40.7 Å². The number of halogens is 1. The number of thiophene rings is 1. The van der Waals surface area contributed by atoms with Crippen molar-refractivity contribution in [3.63, 3.8) is 0 Å². The second-order valence-corrected chi connectivity index (χ2v) is 10.7. The Hall–Kier alpha value is -4.15. The number of nitrogens with zero attached hydrogens (tertiary/aromatic N) is 6. The molecule has 0 spiro atoms. The summed E-state index contributed by atoms with van der Waals surface area (Å²) < 4.78 is 15.5. The van der Waals surface area contributed by atoms with Gasteiger partial charge in [0.15, 0.2) is 0 Å². The maximum Gasteiger partial charge on any atom is 0.246 e. The van der Waals surface area contributed by atoms with Crippen molar-refractivity contribution in [2.75, 3.05) is 26.0 Å². The molecule has 4 heterocycles. The maximum absolute atomic E-state index is 13.6. The summed E-state index contributed by atoms with van der Waals surface area (Å²) in [6, 6.07) is 12.6. The van der Waals surface area contributed by atoms with E-state index in [1.54, 1.807) is 29.8 Å². The summed E-state index contributed by atoms with van der Waals surface area (Å²) in [5, 5.41) is 9.89. The Morgan fingerprint density at radius 1 is 1.18 bits per heavy atom. The van der Waals surface area contributed by atoms with Crippen LogP contribution in [0.5, 0.6) is 0 Å². The van der Waals surface area contributed by atoms with Gasteiger partial charge >= 0.3 is 0 Å². The predicted octanol–water partition coefficient (Wildman–Crippen LogP) is 4.93. The highest BCUT2D eigenvalue weighted by atomic mass is 32.1. The molecule has 0 radical (unpaired) electrons. The second kappa shape index (κ2) is 9.96. The minimum Gasteiger partial charge on any atom is -0.340 e. The molecule has 0 bridgehead atoms. The van der Waals surface area contributed by atoms with Crippen molar-refractivity contribution in [1.82, 2.24) is 29.5 Å². The van der Waals surface area contributed by atoms with Crippen molar-refractivity contribution in [1.29, 1.82) is 0 Å². The highest BCUT2D eigenvalue weighted by Crippen LogP contribution is 2.40. The number of likely N-dealkylation sites (N-methyl/N-ethyl adjacent to an activating group) is 1. The van der Waals surface area contributed by atoms with Gasteiger partial charge in [-0.3, -0.25) is 9.48 Å². The number of nitrogens with one attached hydrogen (secondary N) is 1. The number of anilines is 2. The van der Waals surface area contributed by atoms with Crippen LogP contribution in [0.4, 0.5) is 15.9 Å². The molecule has 38 heavy (non-hydrogen) atoms. The van der Waals surface area contributed by atoms with Crippen molar-refractivity contribution >= 4 is 49.9 Å². The zero-order valence-electron chi connectivity index (χ0n) is 21.1. The van der Waals surface area contributed by atoms with Crippen molar-refractivity contribution < 1.29 is 9.18 Å². The molecule has 0 unspecified atom stereocenters. The molecule has 10 heteroatoms. The molecule has 2 aromatic carbocycles. The zero-order chi connectivity index (χ0) is 26.2. The fraction of sp³-hybridized carbons (Fsp3) is 0.214. The molecule has 8 nitrogen and oxygen atoms in total. The third-order valence-electron chi connectivity index (χ3n) is 6.52. The Balaban J connectivity index is 1.24. The standard InChI is InChI=1S/C28H26FN7OS/c1-34(2)10-4-7-25(37)35-15-22-24(16-35)38-28-26(22)27(30-17-31-28)33-21-8-9-23-19(12-21)13-32-36(23)14-18-5-3-6-20(29)11-18/h3-9,11-13,17H,10,14-16H2,1-2H3,(H,30,31,33)/b7-4+.